The van der Waals surface area contributed by atoms with Crippen molar-refractivity contribution in [2.75, 3.05) is 0 Å². The summed E-state index contributed by atoms with van der Waals surface area (Å²) in [6, 6.07) is 10.3. The Labute approximate surface area is 108 Å². The third-order valence-electron chi connectivity index (χ3n) is 3.62. The number of rotatable bonds is 5. The maximum absolute atomic E-state index is 11.0. The van der Waals surface area contributed by atoms with Crippen molar-refractivity contribution >= 4 is 5.97 Å². The lowest BCUT2D eigenvalue weighted by molar-refractivity contribution is -0.137. The summed E-state index contributed by atoms with van der Waals surface area (Å²) in [5.74, 6) is -0.743. The molecule has 1 atom stereocenters. The van der Waals surface area contributed by atoms with Gasteiger partial charge >= 0.3 is 5.97 Å². The molecule has 3 nitrogen and oxygen atoms in total. The van der Waals surface area contributed by atoms with Gasteiger partial charge in [0.1, 0.15) is 0 Å². The third kappa shape index (κ3) is 3.84. The molecule has 18 heavy (non-hydrogen) atoms. The second kappa shape index (κ2) is 6.55. The Morgan fingerprint density at radius 3 is 2.50 bits per heavy atom. The first-order valence-electron chi connectivity index (χ1n) is 6.78. The van der Waals surface area contributed by atoms with Crippen molar-refractivity contribution in [1.82, 2.24) is 5.32 Å². The molecule has 1 unspecified atom stereocenters. The van der Waals surface area contributed by atoms with E-state index in [-0.39, 0.29) is 12.5 Å². The van der Waals surface area contributed by atoms with Crippen molar-refractivity contribution < 1.29 is 9.90 Å². The van der Waals surface area contributed by atoms with Gasteiger partial charge in [0.25, 0.3) is 0 Å². The third-order valence-corrected chi connectivity index (χ3v) is 3.62. The highest BCUT2D eigenvalue weighted by molar-refractivity contribution is 5.67. The zero-order chi connectivity index (χ0) is 12.8. The highest BCUT2D eigenvalue weighted by Gasteiger charge is 2.20. The number of benzene rings is 1. The highest BCUT2D eigenvalue weighted by atomic mass is 16.4. The Morgan fingerprint density at radius 2 is 1.89 bits per heavy atom. The van der Waals surface area contributed by atoms with Crippen molar-refractivity contribution in [3.05, 3.63) is 35.9 Å². The standard InChI is InChI=1S/C15H21NO2/c17-15(18)11-14(12-7-3-1-4-8-12)16-13-9-5-2-6-10-13/h1,3-4,7-8,13-14,16H,2,5-6,9-11H2,(H,17,18). The predicted octanol–water partition coefficient (Wildman–Crippen LogP) is 3.12. The normalized spacial score (nSPS) is 18.4. The minimum absolute atomic E-state index is 0.0631. The van der Waals surface area contributed by atoms with Crippen LogP contribution in [0.1, 0.15) is 50.1 Å². The fourth-order valence-corrected chi connectivity index (χ4v) is 2.69. The van der Waals surface area contributed by atoms with E-state index in [0.717, 1.165) is 5.56 Å². The van der Waals surface area contributed by atoms with Crippen LogP contribution in [0.4, 0.5) is 0 Å². The van der Waals surface area contributed by atoms with E-state index in [1.807, 2.05) is 30.3 Å². The molecule has 0 heterocycles. The molecule has 1 aromatic carbocycles. The molecule has 0 bridgehead atoms. The van der Waals surface area contributed by atoms with Gasteiger partial charge in [0.05, 0.1) is 6.42 Å². The Balaban J connectivity index is 2.02. The summed E-state index contributed by atoms with van der Waals surface area (Å²) in [5, 5.41) is 12.6. The summed E-state index contributed by atoms with van der Waals surface area (Å²) in [7, 11) is 0. The molecular weight excluding hydrogens is 226 g/mol. The monoisotopic (exact) mass is 247 g/mol. The Bertz CT molecular complexity index is 371. The molecule has 1 aliphatic rings. The predicted molar refractivity (Wildman–Crippen MR) is 71.4 cm³/mol. The van der Waals surface area contributed by atoms with Crippen LogP contribution in [0.25, 0.3) is 0 Å². The number of carboxylic acid groups (broad SMARTS) is 1. The Hall–Kier alpha value is -1.35. The van der Waals surface area contributed by atoms with E-state index in [4.69, 9.17) is 5.11 Å². The highest BCUT2D eigenvalue weighted by Crippen LogP contribution is 2.23. The molecule has 0 aromatic heterocycles. The summed E-state index contributed by atoms with van der Waals surface area (Å²) in [6.07, 6.45) is 6.32. The number of carbonyl (C=O) groups is 1. The molecular formula is C15H21NO2. The van der Waals surface area contributed by atoms with Gasteiger partial charge in [-0.15, -0.1) is 0 Å². The zero-order valence-electron chi connectivity index (χ0n) is 10.6. The van der Waals surface area contributed by atoms with Crippen molar-refractivity contribution in [1.29, 1.82) is 0 Å². The lowest BCUT2D eigenvalue weighted by Gasteiger charge is -2.28. The van der Waals surface area contributed by atoms with E-state index in [1.165, 1.54) is 32.1 Å². The molecule has 1 fully saturated rings. The number of aliphatic carboxylic acids is 1. The minimum atomic E-state index is -0.743. The molecule has 0 saturated heterocycles. The van der Waals surface area contributed by atoms with Gasteiger partial charge < -0.3 is 10.4 Å². The van der Waals surface area contributed by atoms with E-state index in [0.29, 0.717) is 6.04 Å². The lowest BCUT2D eigenvalue weighted by atomic mass is 9.93. The molecule has 98 valence electrons. The van der Waals surface area contributed by atoms with Crippen molar-refractivity contribution in [2.24, 2.45) is 0 Å². The molecule has 0 amide bonds. The van der Waals surface area contributed by atoms with Crippen LogP contribution in [-0.4, -0.2) is 17.1 Å². The van der Waals surface area contributed by atoms with Gasteiger partial charge in [-0.2, -0.15) is 0 Å². The molecule has 3 heteroatoms. The maximum atomic E-state index is 11.0. The molecule has 1 saturated carbocycles. The summed E-state index contributed by atoms with van der Waals surface area (Å²) in [5.41, 5.74) is 1.07. The van der Waals surface area contributed by atoms with Crippen LogP contribution in [0.5, 0.6) is 0 Å². The van der Waals surface area contributed by atoms with Crippen LogP contribution in [-0.2, 0) is 4.79 Å². The van der Waals surface area contributed by atoms with E-state index < -0.39 is 5.97 Å². The summed E-state index contributed by atoms with van der Waals surface area (Å²) in [6.45, 7) is 0. The fraction of sp³-hybridized carbons (Fsp3) is 0.533. The first kappa shape index (κ1) is 13.1. The smallest absolute Gasteiger partial charge is 0.305 e. The summed E-state index contributed by atoms with van der Waals surface area (Å²) in [4.78, 5) is 11.0. The van der Waals surface area contributed by atoms with Crippen LogP contribution >= 0.6 is 0 Å². The second-order valence-electron chi connectivity index (χ2n) is 5.06. The quantitative estimate of drug-likeness (QED) is 0.840. The summed E-state index contributed by atoms with van der Waals surface area (Å²) >= 11 is 0. The van der Waals surface area contributed by atoms with Crippen LogP contribution in [0.2, 0.25) is 0 Å². The Morgan fingerprint density at radius 1 is 1.22 bits per heavy atom. The molecule has 2 N–H and O–H groups in total. The average Bonchev–Trinajstić information content (AvgIpc) is 2.40. The SMILES string of the molecule is O=C(O)CC(NC1CCCCC1)c1ccccc1. The van der Waals surface area contributed by atoms with Gasteiger partial charge in [0, 0.05) is 12.1 Å². The largest absolute Gasteiger partial charge is 0.481 e. The number of nitrogens with one attached hydrogen (secondary N) is 1. The van der Waals surface area contributed by atoms with Gasteiger partial charge in [-0.25, -0.2) is 0 Å². The molecule has 0 aliphatic heterocycles. The van der Waals surface area contributed by atoms with E-state index >= 15 is 0 Å². The molecule has 0 spiro atoms. The minimum Gasteiger partial charge on any atom is -0.481 e. The molecule has 2 rings (SSSR count). The average molecular weight is 247 g/mol. The van der Waals surface area contributed by atoms with E-state index in [2.05, 4.69) is 5.32 Å². The van der Waals surface area contributed by atoms with Gasteiger partial charge in [-0.3, -0.25) is 4.79 Å². The molecule has 1 aliphatic carbocycles. The van der Waals surface area contributed by atoms with Gasteiger partial charge in [0.15, 0.2) is 0 Å². The Kier molecular flexibility index (Phi) is 4.76. The zero-order valence-corrected chi connectivity index (χ0v) is 10.6. The number of hydrogen-bond donors (Lipinski definition) is 2. The molecule has 0 radical (unpaired) electrons. The van der Waals surface area contributed by atoms with E-state index in [1.54, 1.807) is 0 Å². The first-order chi connectivity index (χ1) is 8.75. The first-order valence-corrected chi connectivity index (χ1v) is 6.78. The second-order valence-corrected chi connectivity index (χ2v) is 5.06. The molecule has 1 aromatic rings. The number of carboxylic acids is 1. The van der Waals surface area contributed by atoms with Crippen molar-refractivity contribution in [2.45, 2.75) is 50.6 Å². The topological polar surface area (TPSA) is 49.3 Å². The lowest BCUT2D eigenvalue weighted by Crippen LogP contribution is -2.35. The summed E-state index contributed by atoms with van der Waals surface area (Å²) < 4.78 is 0. The number of hydrogen-bond acceptors (Lipinski definition) is 2. The van der Waals surface area contributed by atoms with Crippen LogP contribution in [0.15, 0.2) is 30.3 Å². The van der Waals surface area contributed by atoms with Crippen LogP contribution < -0.4 is 5.32 Å². The fourth-order valence-electron chi connectivity index (χ4n) is 2.69. The van der Waals surface area contributed by atoms with Gasteiger partial charge in [0.2, 0.25) is 0 Å². The van der Waals surface area contributed by atoms with Crippen molar-refractivity contribution in [3.63, 3.8) is 0 Å². The maximum Gasteiger partial charge on any atom is 0.305 e. The van der Waals surface area contributed by atoms with Gasteiger partial charge in [-0.1, -0.05) is 49.6 Å². The van der Waals surface area contributed by atoms with Crippen LogP contribution in [0, 0.1) is 0 Å². The van der Waals surface area contributed by atoms with Crippen molar-refractivity contribution in [3.8, 4) is 0 Å². The van der Waals surface area contributed by atoms with Gasteiger partial charge in [-0.05, 0) is 18.4 Å². The van der Waals surface area contributed by atoms with Crippen LogP contribution in [0.3, 0.4) is 0 Å². The van der Waals surface area contributed by atoms with E-state index in [9.17, 15) is 4.79 Å².